The molecule has 2 aromatic rings. The van der Waals surface area contributed by atoms with Gasteiger partial charge >= 0.3 is 0 Å². The minimum Gasteiger partial charge on any atom is -0.261 e. The molecule has 0 N–H and O–H groups in total. The summed E-state index contributed by atoms with van der Waals surface area (Å²) in [5.74, 6) is 0. The topological polar surface area (TPSA) is 68.9 Å². The second-order valence-electron chi connectivity index (χ2n) is 2.52. The van der Waals surface area contributed by atoms with Gasteiger partial charge in [-0.3, -0.25) is 20.1 Å². The summed E-state index contributed by atoms with van der Waals surface area (Å²) in [7, 11) is 0. The number of rotatable bonds is 2. The molecule has 2 rings (SSSR count). The van der Waals surface area contributed by atoms with E-state index in [1.165, 1.54) is 22.8 Å². The van der Waals surface area contributed by atoms with Gasteiger partial charge in [0.1, 0.15) is 0 Å². The van der Waals surface area contributed by atoms with Crippen LogP contribution in [0.25, 0.3) is 10.6 Å². The molecular weight excluding hydrogens is 202 g/mol. The van der Waals surface area contributed by atoms with Crippen molar-refractivity contribution in [2.75, 3.05) is 0 Å². The van der Waals surface area contributed by atoms with E-state index in [2.05, 4.69) is 9.97 Å². The highest BCUT2D eigenvalue weighted by Crippen LogP contribution is 2.28. The molecule has 0 spiro atoms. The maximum absolute atomic E-state index is 10.4. The number of hydrogen-bond donors (Lipinski definition) is 0. The number of nitro groups is 1. The Morgan fingerprint density at radius 2 is 2.29 bits per heavy atom. The van der Waals surface area contributed by atoms with Gasteiger partial charge in [0.15, 0.2) is 0 Å². The van der Waals surface area contributed by atoms with Crippen LogP contribution in [0.1, 0.15) is 0 Å². The molecular formula is C8H5N3O2S. The van der Waals surface area contributed by atoms with E-state index in [1.54, 1.807) is 18.6 Å². The van der Waals surface area contributed by atoms with Crippen LogP contribution in [0.15, 0.2) is 30.0 Å². The minimum absolute atomic E-state index is 0.0932. The van der Waals surface area contributed by atoms with Gasteiger partial charge in [-0.05, 0) is 0 Å². The molecule has 0 saturated carbocycles. The zero-order valence-electron chi connectivity index (χ0n) is 6.95. The second-order valence-corrected chi connectivity index (χ2v) is 3.43. The normalized spacial score (nSPS) is 10.0. The van der Waals surface area contributed by atoms with Gasteiger partial charge in [-0.2, -0.15) is 0 Å². The van der Waals surface area contributed by atoms with E-state index in [4.69, 9.17) is 0 Å². The fourth-order valence-corrected chi connectivity index (χ4v) is 1.80. The fourth-order valence-electron chi connectivity index (χ4n) is 0.983. The van der Waals surface area contributed by atoms with Crippen LogP contribution in [-0.4, -0.2) is 14.9 Å². The van der Waals surface area contributed by atoms with Crippen LogP contribution >= 0.6 is 11.3 Å². The molecule has 0 aliphatic carbocycles. The van der Waals surface area contributed by atoms with E-state index >= 15 is 0 Å². The third-order valence-corrected chi connectivity index (χ3v) is 2.55. The molecule has 0 amide bonds. The monoisotopic (exact) mass is 207 g/mol. The van der Waals surface area contributed by atoms with E-state index in [1.807, 2.05) is 0 Å². The number of aromatic nitrogens is 2. The summed E-state index contributed by atoms with van der Waals surface area (Å²) in [5.41, 5.74) is 0.751. The molecule has 70 valence electrons. The van der Waals surface area contributed by atoms with Gasteiger partial charge in [0, 0.05) is 18.5 Å². The molecule has 0 fully saturated rings. The molecule has 5 nitrogen and oxygen atoms in total. The van der Waals surface area contributed by atoms with Crippen molar-refractivity contribution in [2.24, 2.45) is 0 Å². The van der Waals surface area contributed by atoms with Crippen molar-refractivity contribution in [3.8, 4) is 10.6 Å². The molecule has 2 aromatic heterocycles. The van der Waals surface area contributed by atoms with Crippen LogP contribution in [0.4, 0.5) is 5.69 Å². The van der Waals surface area contributed by atoms with Crippen LogP contribution in [0.5, 0.6) is 0 Å². The Labute approximate surface area is 83.2 Å². The van der Waals surface area contributed by atoms with Crippen molar-refractivity contribution in [2.45, 2.75) is 0 Å². The van der Waals surface area contributed by atoms with Gasteiger partial charge in [0.25, 0.3) is 5.69 Å². The third-order valence-electron chi connectivity index (χ3n) is 1.61. The SMILES string of the molecule is O=[N+]([O-])c1csc(-c2cnccn2)c1. The molecule has 0 aliphatic heterocycles. The maximum Gasteiger partial charge on any atom is 0.280 e. The van der Waals surface area contributed by atoms with Gasteiger partial charge in [-0.25, -0.2) is 0 Å². The Morgan fingerprint density at radius 3 is 2.86 bits per heavy atom. The Morgan fingerprint density at radius 1 is 1.43 bits per heavy atom. The molecule has 0 aromatic carbocycles. The van der Waals surface area contributed by atoms with Gasteiger partial charge in [0.05, 0.1) is 27.1 Å². The summed E-state index contributed by atoms with van der Waals surface area (Å²) in [4.78, 5) is 18.7. The summed E-state index contributed by atoms with van der Waals surface area (Å²) in [6, 6.07) is 1.49. The lowest BCUT2D eigenvalue weighted by atomic mass is 10.3. The van der Waals surface area contributed by atoms with Crippen molar-refractivity contribution in [1.82, 2.24) is 9.97 Å². The van der Waals surface area contributed by atoms with Crippen LogP contribution in [-0.2, 0) is 0 Å². The van der Waals surface area contributed by atoms with E-state index in [9.17, 15) is 10.1 Å². The summed E-state index contributed by atoms with van der Waals surface area (Å²) in [6.45, 7) is 0. The first kappa shape index (κ1) is 8.76. The van der Waals surface area contributed by atoms with Crippen LogP contribution < -0.4 is 0 Å². The van der Waals surface area contributed by atoms with E-state index < -0.39 is 4.92 Å². The molecule has 0 radical (unpaired) electrons. The largest absolute Gasteiger partial charge is 0.280 e. The van der Waals surface area contributed by atoms with Gasteiger partial charge in [0.2, 0.25) is 0 Å². The van der Waals surface area contributed by atoms with E-state index in [-0.39, 0.29) is 5.69 Å². The van der Waals surface area contributed by atoms with Crippen molar-refractivity contribution >= 4 is 17.0 Å². The first-order valence-corrected chi connectivity index (χ1v) is 4.64. The van der Waals surface area contributed by atoms with Gasteiger partial charge in [-0.15, -0.1) is 11.3 Å². The summed E-state index contributed by atoms with van der Waals surface area (Å²) < 4.78 is 0. The van der Waals surface area contributed by atoms with E-state index in [0.29, 0.717) is 5.69 Å². The van der Waals surface area contributed by atoms with Crippen LogP contribution in [0.2, 0.25) is 0 Å². The van der Waals surface area contributed by atoms with Crippen molar-refractivity contribution in [1.29, 1.82) is 0 Å². The quantitative estimate of drug-likeness (QED) is 0.558. The Bertz CT molecular complexity index is 455. The molecule has 0 bridgehead atoms. The zero-order valence-corrected chi connectivity index (χ0v) is 7.77. The standard InChI is InChI=1S/C8H5N3O2S/c12-11(13)6-3-8(14-5-6)7-4-9-1-2-10-7/h1-5H. The lowest BCUT2D eigenvalue weighted by Gasteiger charge is -1.91. The number of thiophene rings is 1. The third kappa shape index (κ3) is 1.60. The number of hydrogen-bond acceptors (Lipinski definition) is 5. The summed E-state index contributed by atoms with van der Waals surface area (Å²) >= 11 is 1.29. The average molecular weight is 207 g/mol. The highest BCUT2D eigenvalue weighted by atomic mass is 32.1. The highest BCUT2D eigenvalue weighted by molar-refractivity contribution is 7.13. The lowest BCUT2D eigenvalue weighted by molar-refractivity contribution is -0.384. The highest BCUT2D eigenvalue weighted by Gasteiger charge is 2.10. The first-order valence-electron chi connectivity index (χ1n) is 3.76. The molecule has 0 atom stereocenters. The molecule has 2 heterocycles. The number of nitrogens with zero attached hydrogens (tertiary/aromatic N) is 3. The summed E-state index contributed by atoms with van der Waals surface area (Å²) in [5, 5.41) is 11.9. The smallest absolute Gasteiger partial charge is 0.261 e. The predicted octanol–water partition coefficient (Wildman–Crippen LogP) is 2.11. The van der Waals surface area contributed by atoms with Crippen molar-refractivity contribution < 1.29 is 4.92 Å². The lowest BCUT2D eigenvalue weighted by Crippen LogP contribution is -1.83. The average Bonchev–Trinajstić information content (AvgIpc) is 2.68. The Kier molecular flexibility index (Phi) is 2.19. The Hall–Kier alpha value is -1.82. The maximum atomic E-state index is 10.4. The van der Waals surface area contributed by atoms with Gasteiger partial charge in [-0.1, -0.05) is 0 Å². The second kappa shape index (κ2) is 3.51. The molecule has 0 unspecified atom stereocenters. The predicted molar refractivity (Wildman–Crippen MR) is 52.0 cm³/mol. The molecule has 0 aliphatic rings. The van der Waals surface area contributed by atoms with Crippen molar-refractivity contribution in [3.63, 3.8) is 0 Å². The van der Waals surface area contributed by atoms with Crippen LogP contribution in [0.3, 0.4) is 0 Å². The Balaban J connectivity index is 2.39. The minimum atomic E-state index is -0.420. The zero-order chi connectivity index (χ0) is 9.97. The molecule has 14 heavy (non-hydrogen) atoms. The summed E-state index contributed by atoms with van der Waals surface area (Å²) in [6.07, 6.45) is 4.70. The van der Waals surface area contributed by atoms with Crippen LogP contribution in [0, 0.1) is 10.1 Å². The molecule has 6 heteroatoms. The van der Waals surface area contributed by atoms with Crippen molar-refractivity contribution in [3.05, 3.63) is 40.2 Å². The van der Waals surface area contributed by atoms with E-state index in [0.717, 1.165) is 4.88 Å². The molecule has 0 saturated heterocycles. The fraction of sp³-hybridized carbons (Fsp3) is 0. The first-order chi connectivity index (χ1) is 6.77. The van der Waals surface area contributed by atoms with Gasteiger partial charge < -0.3 is 0 Å².